The number of halogens is 3. The van der Waals surface area contributed by atoms with Gasteiger partial charge in [-0.05, 0) is 24.5 Å². The lowest BCUT2D eigenvalue weighted by atomic mass is 10.1. The predicted molar refractivity (Wildman–Crippen MR) is 107 cm³/mol. The van der Waals surface area contributed by atoms with E-state index in [9.17, 15) is 13.2 Å². The number of methoxy groups -OCH3 is 1. The SMILES string of the molecule is CCc1c(-c2ccccc2)ncn1CCc1ccccc1OC.O=C(O)C(F)(F)F. The largest absolute Gasteiger partial charge is 0.496 e. The summed E-state index contributed by atoms with van der Waals surface area (Å²) in [6, 6.07) is 18.6. The van der Waals surface area contributed by atoms with Gasteiger partial charge in [-0.2, -0.15) is 13.2 Å². The number of carbonyl (C=O) groups is 1. The highest BCUT2D eigenvalue weighted by Crippen LogP contribution is 2.24. The van der Waals surface area contributed by atoms with Crippen LogP contribution < -0.4 is 4.74 Å². The molecule has 1 aromatic heterocycles. The third-order valence-electron chi connectivity index (χ3n) is 4.39. The van der Waals surface area contributed by atoms with E-state index in [1.165, 1.54) is 16.8 Å². The van der Waals surface area contributed by atoms with E-state index in [4.69, 9.17) is 14.6 Å². The van der Waals surface area contributed by atoms with Gasteiger partial charge in [0, 0.05) is 17.8 Å². The molecule has 30 heavy (non-hydrogen) atoms. The Balaban J connectivity index is 0.000000396. The smallest absolute Gasteiger partial charge is 0.490 e. The maximum Gasteiger partial charge on any atom is 0.490 e. The van der Waals surface area contributed by atoms with Crippen LogP contribution in [-0.2, 0) is 24.2 Å². The number of nitrogens with zero attached hydrogens (tertiary/aromatic N) is 2. The Bertz CT molecular complexity index is 954. The molecule has 3 aromatic rings. The fourth-order valence-electron chi connectivity index (χ4n) is 2.96. The molecule has 0 unspecified atom stereocenters. The summed E-state index contributed by atoms with van der Waals surface area (Å²) in [7, 11) is 1.72. The molecule has 3 rings (SSSR count). The second-order valence-corrected chi connectivity index (χ2v) is 6.32. The van der Waals surface area contributed by atoms with Crippen LogP contribution in [0.4, 0.5) is 13.2 Å². The Labute approximate surface area is 172 Å². The third kappa shape index (κ3) is 6.10. The fraction of sp³-hybridized carbons (Fsp3) is 0.273. The lowest BCUT2D eigenvalue weighted by Crippen LogP contribution is -2.21. The van der Waals surface area contributed by atoms with Gasteiger partial charge in [-0.15, -0.1) is 0 Å². The van der Waals surface area contributed by atoms with Gasteiger partial charge < -0.3 is 14.4 Å². The Kier molecular flexibility index (Phi) is 8.03. The minimum Gasteiger partial charge on any atom is -0.496 e. The van der Waals surface area contributed by atoms with Crippen LogP contribution in [0.1, 0.15) is 18.2 Å². The minimum absolute atomic E-state index is 0.906. The highest BCUT2D eigenvalue weighted by atomic mass is 19.4. The Morgan fingerprint density at radius 1 is 1.10 bits per heavy atom. The highest BCUT2D eigenvalue weighted by Gasteiger charge is 2.38. The molecule has 0 amide bonds. The minimum atomic E-state index is -5.08. The lowest BCUT2D eigenvalue weighted by molar-refractivity contribution is -0.192. The van der Waals surface area contributed by atoms with E-state index in [2.05, 4.69) is 52.9 Å². The summed E-state index contributed by atoms with van der Waals surface area (Å²) in [5, 5.41) is 7.12. The predicted octanol–water partition coefficient (Wildman–Crippen LogP) is 5.00. The molecule has 0 bridgehead atoms. The molecule has 0 aliphatic heterocycles. The molecular formula is C22H23F3N2O3. The van der Waals surface area contributed by atoms with Crippen LogP contribution in [-0.4, -0.2) is 33.9 Å². The first-order valence-corrected chi connectivity index (χ1v) is 9.29. The first-order chi connectivity index (χ1) is 14.3. The second kappa shape index (κ2) is 10.5. The topological polar surface area (TPSA) is 64.4 Å². The number of ether oxygens (including phenoxy) is 1. The van der Waals surface area contributed by atoms with Crippen LogP contribution >= 0.6 is 0 Å². The third-order valence-corrected chi connectivity index (χ3v) is 4.39. The van der Waals surface area contributed by atoms with Gasteiger partial charge in [0.25, 0.3) is 0 Å². The standard InChI is InChI=1S/C20H22N2O.C2HF3O2/c1-3-18-20(17-10-5-4-6-11-17)21-15-22(18)14-13-16-9-7-8-12-19(16)23-2;3-2(4,5)1(6)7/h4-12,15H,3,13-14H2,1-2H3;(H,6,7). The summed E-state index contributed by atoms with van der Waals surface area (Å²) in [5.74, 6) is -1.80. The van der Waals surface area contributed by atoms with Crippen LogP contribution in [0.25, 0.3) is 11.3 Å². The number of carboxylic acids is 1. The maximum absolute atomic E-state index is 10.6. The number of aryl methyl sites for hydroxylation is 2. The maximum atomic E-state index is 10.6. The van der Waals surface area contributed by atoms with Gasteiger partial charge in [0.05, 0.1) is 19.1 Å². The molecule has 0 saturated heterocycles. The van der Waals surface area contributed by atoms with Gasteiger partial charge in [0.15, 0.2) is 0 Å². The van der Waals surface area contributed by atoms with Crippen molar-refractivity contribution in [1.29, 1.82) is 0 Å². The number of imidazole rings is 1. The van der Waals surface area contributed by atoms with Gasteiger partial charge in [-0.1, -0.05) is 55.5 Å². The molecular weight excluding hydrogens is 397 g/mol. The number of para-hydroxylation sites is 1. The quantitative estimate of drug-likeness (QED) is 0.610. The molecule has 5 nitrogen and oxygen atoms in total. The van der Waals surface area contributed by atoms with Crippen molar-refractivity contribution in [3.8, 4) is 17.0 Å². The van der Waals surface area contributed by atoms with Crippen molar-refractivity contribution >= 4 is 5.97 Å². The molecule has 0 fully saturated rings. The van der Waals surface area contributed by atoms with E-state index in [1.807, 2.05) is 24.5 Å². The molecule has 160 valence electrons. The molecule has 1 N–H and O–H groups in total. The van der Waals surface area contributed by atoms with Crippen molar-refractivity contribution < 1.29 is 27.8 Å². The number of aliphatic carboxylic acids is 1. The first kappa shape index (κ1) is 23.0. The van der Waals surface area contributed by atoms with E-state index < -0.39 is 12.1 Å². The average Bonchev–Trinajstić information content (AvgIpc) is 3.15. The van der Waals surface area contributed by atoms with Crippen LogP contribution in [0.15, 0.2) is 60.9 Å². The zero-order valence-corrected chi connectivity index (χ0v) is 16.7. The van der Waals surface area contributed by atoms with Crippen LogP contribution in [0.5, 0.6) is 5.75 Å². The summed E-state index contributed by atoms with van der Waals surface area (Å²) >= 11 is 0. The summed E-state index contributed by atoms with van der Waals surface area (Å²) < 4.78 is 39.4. The van der Waals surface area contributed by atoms with Gasteiger partial charge in [-0.25, -0.2) is 9.78 Å². The number of aromatic nitrogens is 2. The Morgan fingerprint density at radius 3 is 2.27 bits per heavy atom. The summed E-state index contributed by atoms with van der Waals surface area (Å²) in [6.45, 7) is 3.09. The summed E-state index contributed by atoms with van der Waals surface area (Å²) in [4.78, 5) is 13.5. The molecule has 2 aromatic carbocycles. The Morgan fingerprint density at radius 2 is 1.70 bits per heavy atom. The normalized spacial score (nSPS) is 10.8. The van der Waals surface area contributed by atoms with Crippen molar-refractivity contribution in [2.45, 2.75) is 32.5 Å². The number of alkyl halides is 3. The molecule has 0 aliphatic rings. The average molecular weight is 420 g/mol. The Hall–Kier alpha value is -3.29. The van der Waals surface area contributed by atoms with Crippen LogP contribution in [0.2, 0.25) is 0 Å². The van der Waals surface area contributed by atoms with Crippen molar-refractivity contribution in [2.24, 2.45) is 0 Å². The van der Waals surface area contributed by atoms with E-state index in [0.29, 0.717) is 0 Å². The van der Waals surface area contributed by atoms with Gasteiger partial charge in [-0.3, -0.25) is 0 Å². The zero-order valence-electron chi connectivity index (χ0n) is 16.7. The lowest BCUT2D eigenvalue weighted by Gasteiger charge is -2.11. The van der Waals surface area contributed by atoms with E-state index in [-0.39, 0.29) is 0 Å². The van der Waals surface area contributed by atoms with Crippen molar-refractivity contribution in [3.63, 3.8) is 0 Å². The zero-order chi connectivity index (χ0) is 22.1. The number of hydrogen-bond acceptors (Lipinski definition) is 3. The van der Waals surface area contributed by atoms with Crippen molar-refractivity contribution in [3.05, 3.63) is 72.2 Å². The number of benzene rings is 2. The first-order valence-electron chi connectivity index (χ1n) is 9.29. The second-order valence-electron chi connectivity index (χ2n) is 6.32. The summed E-state index contributed by atoms with van der Waals surface area (Å²) in [6.07, 6.45) is -1.23. The number of hydrogen-bond donors (Lipinski definition) is 1. The molecule has 0 aliphatic carbocycles. The van der Waals surface area contributed by atoms with E-state index >= 15 is 0 Å². The molecule has 0 atom stereocenters. The van der Waals surface area contributed by atoms with Crippen molar-refractivity contribution in [1.82, 2.24) is 9.55 Å². The monoisotopic (exact) mass is 420 g/mol. The number of carboxylic acid groups (broad SMARTS) is 1. The van der Waals surface area contributed by atoms with E-state index in [0.717, 1.165) is 30.8 Å². The van der Waals surface area contributed by atoms with Gasteiger partial charge in [0.1, 0.15) is 5.75 Å². The van der Waals surface area contributed by atoms with Crippen LogP contribution in [0.3, 0.4) is 0 Å². The van der Waals surface area contributed by atoms with Gasteiger partial charge in [0.2, 0.25) is 0 Å². The van der Waals surface area contributed by atoms with Crippen molar-refractivity contribution in [2.75, 3.05) is 7.11 Å². The van der Waals surface area contributed by atoms with Gasteiger partial charge >= 0.3 is 12.1 Å². The molecule has 0 radical (unpaired) electrons. The number of rotatable bonds is 6. The molecule has 0 saturated carbocycles. The summed E-state index contributed by atoms with van der Waals surface area (Å²) in [5.41, 5.74) is 4.78. The van der Waals surface area contributed by atoms with E-state index in [1.54, 1.807) is 7.11 Å². The van der Waals surface area contributed by atoms with Crippen LogP contribution in [0, 0.1) is 0 Å². The fourth-order valence-corrected chi connectivity index (χ4v) is 2.96. The highest BCUT2D eigenvalue weighted by molar-refractivity contribution is 5.73. The molecule has 0 spiro atoms. The molecule has 8 heteroatoms. The molecule has 1 heterocycles.